The largest absolute Gasteiger partial charge is 0.488 e. The number of rotatable bonds is 6. The number of imide groups is 1. The Kier molecular flexibility index (Phi) is 6.44. The smallest absolute Gasteiger partial charge is 0.293 e. The molecule has 0 unspecified atom stereocenters. The molecule has 0 radical (unpaired) electrons. The summed E-state index contributed by atoms with van der Waals surface area (Å²) in [6, 6.07) is 22.8. The molecule has 0 atom stereocenters. The molecule has 156 valence electrons. The fraction of sp³-hybridized carbons (Fsp3) is 0.120. The minimum absolute atomic E-state index is 0.146. The van der Waals surface area contributed by atoms with Crippen molar-refractivity contribution in [3.63, 3.8) is 0 Å². The lowest BCUT2D eigenvalue weighted by molar-refractivity contribution is -0.123. The number of hydrogen-bond donors (Lipinski definition) is 0. The van der Waals surface area contributed by atoms with E-state index in [4.69, 9.17) is 16.3 Å². The molecule has 3 aromatic rings. The zero-order chi connectivity index (χ0) is 21.8. The van der Waals surface area contributed by atoms with Crippen molar-refractivity contribution in [3.8, 4) is 5.75 Å². The summed E-state index contributed by atoms with van der Waals surface area (Å²) >= 11 is 7.12. The van der Waals surface area contributed by atoms with E-state index in [0.717, 1.165) is 28.5 Å². The van der Waals surface area contributed by atoms with Gasteiger partial charge in [0.05, 0.1) is 11.4 Å². The Labute approximate surface area is 190 Å². The monoisotopic (exact) mass is 449 g/mol. The van der Waals surface area contributed by atoms with E-state index in [9.17, 15) is 9.59 Å². The summed E-state index contributed by atoms with van der Waals surface area (Å²) in [7, 11) is 0. The van der Waals surface area contributed by atoms with Crippen LogP contribution in [0.5, 0.6) is 5.75 Å². The number of hydrogen-bond acceptors (Lipinski definition) is 4. The summed E-state index contributed by atoms with van der Waals surface area (Å²) in [6.45, 7) is 2.60. The van der Waals surface area contributed by atoms with Crippen molar-refractivity contribution in [3.05, 3.63) is 105 Å². The van der Waals surface area contributed by atoms with E-state index in [1.165, 1.54) is 10.5 Å². The Bertz CT molecular complexity index is 1170. The molecule has 31 heavy (non-hydrogen) atoms. The molecule has 1 saturated heterocycles. The second-order valence-corrected chi connectivity index (χ2v) is 8.58. The van der Waals surface area contributed by atoms with Gasteiger partial charge in [0.1, 0.15) is 12.4 Å². The first-order chi connectivity index (χ1) is 15.0. The molecule has 1 aliphatic rings. The number of benzene rings is 3. The molecular formula is C25H20ClNO3S. The van der Waals surface area contributed by atoms with E-state index >= 15 is 0 Å². The van der Waals surface area contributed by atoms with E-state index in [-0.39, 0.29) is 17.7 Å². The summed E-state index contributed by atoms with van der Waals surface area (Å²) in [5.41, 5.74) is 3.71. The number of para-hydroxylation sites is 1. The summed E-state index contributed by atoms with van der Waals surface area (Å²) in [5, 5.41) is 0.217. The van der Waals surface area contributed by atoms with Gasteiger partial charge in [-0.1, -0.05) is 77.8 Å². The standard InChI is InChI=1S/C25H20ClNO3S/c1-17-7-6-8-18(13-17)16-30-22-12-5-3-9-19(22)14-23-24(28)27(25(29)31-23)15-20-10-2-4-11-21(20)26/h2-14H,15-16H2,1H3/b23-14-. The van der Waals surface area contributed by atoms with Gasteiger partial charge in [-0.3, -0.25) is 14.5 Å². The molecule has 1 aliphatic heterocycles. The first kappa shape index (κ1) is 21.2. The predicted octanol–water partition coefficient (Wildman–Crippen LogP) is 6.46. The molecule has 1 fully saturated rings. The molecule has 0 aliphatic carbocycles. The predicted molar refractivity (Wildman–Crippen MR) is 125 cm³/mol. The zero-order valence-corrected chi connectivity index (χ0v) is 18.5. The van der Waals surface area contributed by atoms with Crippen LogP contribution in [0.15, 0.2) is 77.7 Å². The summed E-state index contributed by atoms with van der Waals surface area (Å²) in [4.78, 5) is 27.0. The lowest BCUT2D eigenvalue weighted by atomic mass is 10.1. The summed E-state index contributed by atoms with van der Waals surface area (Å²) < 4.78 is 6.01. The number of carbonyl (C=O) groups excluding carboxylic acids is 2. The van der Waals surface area contributed by atoms with Crippen molar-refractivity contribution in [2.75, 3.05) is 0 Å². The Morgan fingerprint density at radius 2 is 1.77 bits per heavy atom. The molecule has 0 bridgehead atoms. The van der Waals surface area contributed by atoms with E-state index in [0.29, 0.717) is 22.3 Å². The van der Waals surface area contributed by atoms with Crippen molar-refractivity contribution < 1.29 is 14.3 Å². The second kappa shape index (κ2) is 9.41. The molecule has 0 aromatic heterocycles. The average molecular weight is 450 g/mol. The summed E-state index contributed by atoms with van der Waals surface area (Å²) in [5.74, 6) is 0.324. The number of ether oxygens (including phenoxy) is 1. The Morgan fingerprint density at radius 3 is 2.58 bits per heavy atom. The van der Waals surface area contributed by atoms with E-state index in [1.54, 1.807) is 12.1 Å². The quantitative estimate of drug-likeness (QED) is 0.405. The highest BCUT2D eigenvalue weighted by Gasteiger charge is 2.35. The van der Waals surface area contributed by atoms with Gasteiger partial charge in [0.25, 0.3) is 11.1 Å². The van der Waals surface area contributed by atoms with Crippen molar-refractivity contribution in [2.24, 2.45) is 0 Å². The molecule has 6 heteroatoms. The van der Waals surface area contributed by atoms with Crippen LogP contribution in [0, 0.1) is 6.92 Å². The normalized spacial score (nSPS) is 15.0. The van der Waals surface area contributed by atoms with Crippen LogP contribution < -0.4 is 4.74 Å². The first-order valence-corrected chi connectivity index (χ1v) is 11.0. The number of halogens is 1. The molecule has 0 saturated carbocycles. The van der Waals surface area contributed by atoms with Crippen LogP contribution >= 0.6 is 23.4 Å². The molecule has 4 nitrogen and oxygen atoms in total. The Hall–Kier alpha value is -3.02. The SMILES string of the molecule is Cc1cccc(COc2ccccc2/C=C2\SC(=O)N(Cc3ccccc3Cl)C2=O)c1. The lowest BCUT2D eigenvalue weighted by Gasteiger charge is -2.13. The van der Waals surface area contributed by atoms with E-state index in [2.05, 4.69) is 6.07 Å². The van der Waals surface area contributed by atoms with Gasteiger partial charge in [0.15, 0.2) is 0 Å². The van der Waals surface area contributed by atoms with Crippen LogP contribution in [-0.2, 0) is 17.9 Å². The third kappa shape index (κ3) is 5.01. The van der Waals surface area contributed by atoms with Crippen molar-refractivity contribution >= 4 is 40.6 Å². The van der Waals surface area contributed by atoms with Gasteiger partial charge >= 0.3 is 0 Å². The zero-order valence-electron chi connectivity index (χ0n) is 16.9. The van der Waals surface area contributed by atoms with Crippen molar-refractivity contribution in [1.29, 1.82) is 0 Å². The molecule has 2 amide bonds. The Morgan fingerprint density at radius 1 is 1.00 bits per heavy atom. The van der Waals surface area contributed by atoms with Gasteiger partial charge in [0.2, 0.25) is 0 Å². The van der Waals surface area contributed by atoms with Crippen LogP contribution in [0.25, 0.3) is 6.08 Å². The van der Waals surface area contributed by atoms with Gasteiger partial charge in [-0.15, -0.1) is 0 Å². The Balaban J connectivity index is 1.53. The van der Waals surface area contributed by atoms with E-state index < -0.39 is 0 Å². The van der Waals surface area contributed by atoms with Crippen LogP contribution in [-0.4, -0.2) is 16.0 Å². The number of thioether (sulfide) groups is 1. The molecular weight excluding hydrogens is 430 g/mol. The summed E-state index contributed by atoms with van der Waals surface area (Å²) in [6.07, 6.45) is 1.71. The van der Waals surface area contributed by atoms with Crippen LogP contribution in [0.4, 0.5) is 4.79 Å². The number of aryl methyl sites for hydroxylation is 1. The minimum atomic E-state index is -0.330. The second-order valence-electron chi connectivity index (χ2n) is 7.17. The van der Waals surface area contributed by atoms with Gasteiger partial charge in [0, 0.05) is 10.6 Å². The first-order valence-electron chi connectivity index (χ1n) is 9.77. The van der Waals surface area contributed by atoms with Crippen molar-refractivity contribution in [1.82, 2.24) is 4.90 Å². The third-order valence-electron chi connectivity index (χ3n) is 4.84. The van der Waals surface area contributed by atoms with Crippen molar-refractivity contribution in [2.45, 2.75) is 20.1 Å². The highest BCUT2D eigenvalue weighted by Crippen LogP contribution is 2.35. The number of nitrogens with zero attached hydrogens (tertiary/aromatic N) is 1. The molecule has 3 aromatic carbocycles. The highest BCUT2D eigenvalue weighted by molar-refractivity contribution is 8.18. The van der Waals surface area contributed by atoms with E-state index in [1.807, 2.05) is 67.6 Å². The van der Waals surface area contributed by atoms with Crippen LogP contribution in [0.1, 0.15) is 22.3 Å². The average Bonchev–Trinajstić information content (AvgIpc) is 3.02. The third-order valence-corrected chi connectivity index (χ3v) is 6.12. The lowest BCUT2D eigenvalue weighted by Crippen LogP contribution is -2.27. The minimum Gasteiger partial charge on any atom is -0.488 e. The molecule has 1 heterocycles. The van der Waals surface area contributed by atoms with Gasteiger partial charge in [-0.25, -0.2) is 0 Å². The maximum atomic E-state index is 12.9. The fourth-order valence-corrected chi connectivity index (χ4v) is 4.29. The highest BCUT2D eigenvalue weighted by atomic mass is 35.5. The number of amides is 2. The number of carbonyl (C=O) groups is 2. The topological polar surface area (TPSA) is 46.6 Å². The van der Waals surface area contributed by atoms with Gasteiger partial charge < -0.3 is 4.74 Å². The molecule has 0 N–H and O–H groups in total. The van der Waals surface area contributed by atoms with Crippen LogP contribution in [0.2, 0.25) is 5.02 Å². The van der Waals surface area contributed by atoms with Crippen LogP contribution in [0.3, 0.4) is 0 Å². The molecule has 0 spiro atoms. The fourth-order valence-electron chi connectivity index (χ4n) is 3.27. The molecule has 4 rings (SSSR count). The maximum Gasteiger partial charge on any atom is 0.293 e. The maximum absolute atomic E-state index is 12.9. The van der Waals surface area contributed by atoms with Gasteiger partial charge in [-0.2, -0.15) is 0 Å². The van der Waals surface area contributed by atoms with Gasteiger partial charge in [-0.05, 0) is 48.0 Å².